The Morgan fingerprint density at radius 1 is 0.914 bits per heavy atom. The molecule has 4 aromatic rings. The van der Waals surface area contributed by atoms with Crippen LogP contribution in [0.25, 0.3) is 10.2 Å². The Labute approximate surface area is 206 Å². The highest BCUT2D eigenvalue weighted by Crippen LogP contribution is 2.20. The maximum absolute atomic E-state index is 13.0. The fourth-order valence-electron chi connectivity index (χ4n) is 3.59. The van der Waals surface area contributed by atoms with Gasteiger partial charge in [-0.15, -0.1) is 0 Å². The van der Waals surface area contributed by atoms with Crippen molar-refractivity contribution in [1.29, 1.82) is 0 Å². The van der Waals surface area contributed by atoms with Gasteiger partial charge in [0.2, 0.25) is 0 Å². The minimum absolute atomic E-state index is 0.114. The first-order valence-corrected chi connectivity index (χ1v) is 11.9. The van der Waals surface area contributed by atoms with Crippen molar-refractivity contribution in [2.75, 3.05) is 13.7 Å². The van der Waals surface area contributed by atoms with E-state index in [-0.39, 0.29) is 13.2 Å². The lowest BCUT2D eigenvalue weighted by Crippen LogP contribution is -2.22. The number of hydrogen-bond acceptors (Lipinski definition) is 6. The summed E-state index contributed by atoms with van der Waals surface area (Å²) >= 11 is 1.21. The van der Waals surface area contributed by atoms with Crippen molar-refractivity contribution in [2.24, 2.45) is 4.99 Å². The van der Waals surface area contributed by atoms with Gasteiger partial charge >= 0.3 is 11.9 Å². The lowest BCUT2D eigenvalue weighted by Gasteiger charge is -2.05. The molecule has 1 heterocycles. The SMILES string of the molecule is CCOC(=O)c1ccc2c(c1)sc(=NC(=O)c1ccc(Cc3ccccc3)cc1)n2CC(=O)OC. The monoisotopic (exact) mass is 488 g/mol. The summed E-state index contributed by atoms with van der Waals surface area (Å²) in [6.07, 6.45) is 0.769. The molecule has 8 heteroatoms. The van der Waals surface area contributed by atoms with E-state index in [9.17, 15) is 14.4 Å². The number of fused-ring (bicyclic) bond motifs is 1. The molecule has 0 aliphatic heterocycles. The fourth-order valence-corrected chi connectivity index (χ4v) is 4.66. The molecule has 0 saturated heterocycles. The van der Waals surface area contributed by atoms with Gasteiger partial charge in [0.1, 0.15) is 6.54 Å². The largest absolute Gasteiger partial charge is 0.468 e. The topological polar surface area (TPSA) is 87.0 Å². The van der Waals surface area contributed by atoms with E-state index < -0.39 is 17.8 Å². The highest BCUT2D eigenvalue weighted by Gasteiger charge is 2.15. The quantitative estimate of drug-likeness (QED) is 0.360. The normalized spacial score (nSPS) is 11.4. The molecular weight excluding hydrogens is 464 g/mol. The van der Waals surface area contributed by atoms with Gasteiger partial charge in [-0.05, 0) is 54.8 Å². The summed E-state index contributed by atoms with van der Waals surface area (Å²) in [5, 5.41) is 0. The van der Waals surface area contributed by atoms with E-state index >= 15 is 0 Å². The van der Waals surface area contributed by atoms with E-state index in [1.165, 1.54) is 24.0 Å². The van der Waals surface area contributed by atoms with Gasteiger partial charge in [0.05, 0.1) is 29.5 Å². The maximum atomic E-state index is 13.0. The summed E-state index contributed by atoms with van der Waals surface area (Å²) in [5.74, 6) is -1.34. The molecule has 0 fully saturated rings. The molecule has 7 nitrogen and oxygen atoms in total. The highest BCUT2D eigenvalue weighted by atomic mass is 32.1. The average molecular weight is 489 g/mol. The summed E-state index contributed by atoms with van der Waals surface area (Å²) in [6, 6.07) is 22.4. The molecule has 0 aliphatic rings. The van der Waals surface area contributed by atoms with Crippen LogP contribution in [-0.4, -0.2) is 36.1 Å². The Balaban J connectivity index is 1.67. The number of rotatable bonds is 7. The molecule has 178 valence electrons. The second kappa shape index (κ2) is 10.9. The molecule has 1 amide bonds. The van der Waals surface area contributed by atoms with E-state index in [2.05, 4.69) is 17.1 Å². The van der Waals surface area contributed by atoms with Crippen molar-refractivity contribution in [2.45, 2.75) is 19.9 Å². The van der Waals surface area contributed by atoms with Crippen molar-refractivity contribution in [3.05, 3.63) is 99.9 Å². The second-order valence-corrected chi connectivity index (χ2v) is 8.74. The number of carbonyl (C=O) groups is 3. The Morgan fingerprint density at radius 2 is 1.60 bits per heavy atom. The van der Waals surface area contributed by atoms with Crippen LogP contribution in [-0.2, 0) is 27.2 Å². The molecule has 3 aromatic carbocycles. The Kier molecular flexibility index (Phi) is 7.52. The minimum atomic E-state index is -0.474. The van der Waals surface area contributed by atoms with Crippen molar-refractivity contribution < 1.29 is 23.9 Å². The van der Waals surface area contributed by atoms with Gasteiger partial charge < -0.3 is 14.0 Å². The van der Waals surface area contributed by atoms with Crippen LogP contribution in [0, 0.1) is 0 Å². The van der Waals surface area contributed by atoms with Gasteiger partial charge in [-0.3, -0.25) is 9.59 Å². The molecule has 0 aliphatic carbocycles. The minimum Gasteiger partial charge on any atom is -0.468 e. The van der Waals surface area contributed by atoms with Crippen LogP contribution in [0.3, 0.4) is 0 Å². The highest BCUT2D eigenvalue weighted by molar-refractivity contribution is 7.16. The number of aromatic nitrogens is 1. The summed E-state index contributed by atoms with van der Waals surface area (Å²) < 4.78 is 12.2. The van der Waals surface area contributed by atoms with Crippen LogP contribution < -0.4 is 4.80 Å². The van der Waals surface area contributed by atoms with Crippen molar-refractivity contribution in [1.82, 2.24) is 4.57 Å². The number of benzene rings is 3. The molecule has 35 heavy (non-hydrogen) atoms. The molecule has 0 radical (unpaired) electrons. The van der Waals surface area contributed by atoms with Gasteiger partial charge in [-0.25, -0.2) is 4.79 Å². The number of esters is 2. The van der Waals surface area contributed by atoms with Crippen molar-refractivity contribution in [3.8, 4) is 0 Å². The van der Waals surface area contributed by atoms with E-state index in [0.29, 0.717) is 26.1 Å². The number of nitrogens with zero attached hydrogens (tertiary/aromatic N) is 2. The number of amides is 1. The third-order valence-electron chi connectivity index (χ3n) is 5.36. The number of thiazole rings is 1. The predicted octanol–water partition coefficient (Wildman–Crippen LogP) is 4.38. The van der Waals surface area contributed by atoms with Gasteiger partial charge in [-0.2, -0.15) is 4.99 Å². The summed E-state index contributed by atoms with van der Waals surface area (Å²) in [6.45, 7) is 1.89. The molecule has 0 spiro atoms. The van der Waals surface area contributed by atoms with Crippen LogP contribution >= 0.6 is 11.3 Å². The first-order valence-electron chi connectivity index (χ1n) is 11.1. The number of methoxy groups -OCH3 is 1. The first-order chi connectivity index (χ1) is 17.0. The standard InChI is InChI=1S/C27H24N2O5S/c1-3-34-26(32)21-13-14-22-23(16-21)35-27(29(22)17-24(30)33-2)28-25(31)20-11-9-19(10-12-20)15-18-7-5-4-6-8-18/h4-14,16H,3,15,17H2,1-2H3. The van der Waals surface area contributed by atoms with Crippen LogP contribution in [0.5, 0.6) is 0 Å². The lowest BCUT2D eigenvalue weighted by atomic mass is 10.0. The van der Waals surface area contributed by atoms with Crippen molar-refractivity contribution >= 4 is 39.4 Å². The predicted molar refractivity (Wildman–Crippen MR) is 133 cm³/mol. The first kappa shape index (κ1) is 24.1. The zero-order chi connectivity index (χ0) is 24.8. The van der Waals surface area contributed by atoms with Gasteiger partial charge in [0.15, 0.2) is 4.80 Å². The zero-order valence-corrected chi connectivity index (χ0v) is 20.2. The molecule has 0 N–H and O–H groups in total. The molecule has 4 rings (SSSR count). The summed E-state index contributed by atoms with van der Waals surface area (Å²) in [7, 11) is 1.30. The van der Waals surface area contributed by atoms with E-state index in [1.807, 2.05) is 30.3 Å². The van der Waals surface area contributed by atoms with Crippen molar-refractivity contribution in [3.63, 3.8) is 0 Å². The number of ether oxygens (including phenoxy) is 2. The molecule has 0 bridgehead atoms. The Bertz CT molecular complexity index is 1440. The van der Waals surface area contributed by atoms with Gasteiger partial charge in [-0.1, -0.05) is 53.8 Å². The van der Waals surface area contributed by atoms with Gasteiger partial charge in [0, 0.05) is 5.56 Å². The van der Waals surface area contributed by atoms with E-state index in [4.69, 9.17) is 9.47 Å². The molecule has 1 aromatic heterocycles. The number of hydrogen-bond donors (Lipinski definition) is 0. The second-order valence-electron chi connectivity index (χ2n) is 7.73. The smallest absolute Gasteiger partial charge is 0.338 e. The molecule has 0 unspecified atom stereocenters. The van der Waals surface area contributed by atoms with Crippen LogP contribution in [0.2, 0.25) is 0 Å². The van der Waals surface area contributed by atoms with Crippen LogP contribution in [0.15, 0.2) is 77.8 Å². The average Bonchev–Trinajstić information content (AvgIpc) is 3.20. The third-order valence-corrected chi connectivity index (χ3v) is 6.40. The third kappa shape index (κ3) is 5.73. The Morgan fingerprint density at radius 3 is 2.29 bits per heavy atom. The maximum Gasteiger partial charge on any atom is 0.338 e. The van der Waals surface area contributed by atoms with Crippen LogP contribution in [0.1, 0.15) is 38.8 Å². The van der Waals surface area contributed by atoms with Crippen LogP contribution in [0.4, 0.5) is 0 Å². The molecule has 0 saturated carbocycles. The summed E-state index contributed by atoms with van der Waals surface area (Å²) in [4.78, 5) is 41.8. The summed E-state index contributed by atoms with van der Waals surface area (Å²) in [5.41, 5.74) is 3.77. The molecular formula is C27H24N2O5S. The Hall–Kier alpha value is -4.04. The van der Waals surface area contributed by atoms with Gasteiger partial charge in [0.25, 0.3) is 5.91 Å². The zero-order valence-electron chi connectivity index (χ0n) is 19.4. The van der Waals surface area contributed by atoms with E-state index in [0.717, 1.165) is 12.0 Å². The molecule has 0 atom stereocenters. The van der Waals surface area contributed by atoms with E-state index in [1.54, 1.807) is 41.8 Å². The number of carbonyl (C=O) groups excluding carboxylic acids is 3. The fraction of sp³-hybridized carbons (Fsp3) is 0.185. The lowest BCUT2D eigenvalue weighted by molar-refractivity contribution is -0.141.